The molecule has 0 amide bonds. The highest BCUT2D eigenvalue weighted by Crippen LogP contribution is 2.58. The van der Waals surface area contributed by atoms with Gasteiger partial charge in [0.2, 0.25) is 0 Å². The normalized spacial score (nSPS) is 17.6. The first kappa shape index (κ1) is 22.7. The number of rotatable bonds is 8. The highest BCUT2D eigenvalue weighted by Gasteiger charge is 2.50. The van der Waals surface area contributed by atoms with Crippen molar-refractivity contribution in [2.45, 2.75) is 19.8 Å². The Morgan fingerprint density at radius 3 is 1.67 bits per heavy atom. The fourth-order valence-electron chi connectivity index (χ4n) is 4.35. The summed E-state index contributed by atoms with van der Waals surface area (Å²) in [5, 5.41) is 4.22. The van der Waals surface area contributed by atoms with E-state index < -0.39 is 7.26 Å². The number of ether oxygens (including phenoxy) is 1. The molecule has 2 nitrogen and oxygen atoms in total. The largest absolute Gasteiger partial charge is 1.00 e. The molecule has 1 aliphatic carbocycles. The van der Waals surface area contributed by atoms with Crippen molar-refractivity contribution >= 4 is 29.1 Å². The molecule has 0 heterocycles. The molecule has 156 valence electrons. The number of halogens is 1. The molecule has 0 radical (unpaired) electrons. The molecule has 30 heavy (non-hydrogen) atoms. The van der Waals surface area contributed by atoms with Crippen LogP contribution in [0.25, 0.3) is 0 Å². The van der Waals surface area contributed by atoms with Crippen LogP contribution in [0.5, 0.6) is 0 Å². The third-order valence-electron chi connectivity index (χ3n) is 5.94. The van der Waals surface area contributed by atoms with Gasteiger partial charge in [-0.2, -0.15) is 0 Å². The first-order valence-corrected chi connectivity index (χ1v) is 12.4. The smallest absolute Gasteiger partial charge is 0.309 e. The number of benzene rings is 3. The number of hydrogen-bond acceptors (Lipinski definition) is 2. The van der Waals surface area contributed by atoms with Gasteiger partial charge in [-0.25, -0.2) is 0 Å². The predicted molar refractivity (Wildman–Crippen MR) is 123 cm³/mol. The van der Waals surface area contributed by atoms with Gasteiger partial charge in [0.05, 0.1) is 18.7 Å². The molecule has 0 aliphatic heterocycles. The molecule has 3 aromatic carbocycles. The van der Waals surface area contributed by atoms with Crippen LogP contribution in [0.3, 0.4) is 0 Å². The van der Waals surface area contributed by atoms with E-state index in [0.717, 1.165) is 19.0 Å². The summed E-state index contributed by atoms with van der Waals surface area (Å²) in [5.74, 6) is 0.532. The molecule has 1 fully saturated rings. The topological polar surface area (TPSA) is 26.3 Å². The Morgan fingerprint density at radius 1 is 0.833 bits per heavy atom. The molecule has 0 N–H and O–H groups in total. The van der Waals surface area contributed by atoms with E-state index in [1.807, 2.05) is 6.92 Å². The molecule has 4 heteroatoms. The number of carbonyl (C=O) groups is 1. The maximum absolute atomic E-state index is 12.1. The molecule has 1 saturated carbocycles. The van der Waals surface area contributed by atoms with E-state index in [1.165, 1.54) is 15.9 Å². The zero-order chi connectivity index (χ0) is 20.1. The lowest BCUT2D eigenvalue weighted by Crippen LogP contribution is -3.00. The van der Waals surface area contributed by atoms with Crippen molar-refractivity contribution in [1.29, 1.82) is 0 Å². The third kappa shape index (κ3) is 4.68. The van der Waals surface area contributed by atoms with Gasteiger partial charge < -0.3 is 21.7 Å². The van der Waals surface area contributed by atoms with Crippen LogP contribution in [0.2, 0.25) is 0 Å². The Balaban J connectivity index is 0.00000256. The molecular weight excluding hydrogens is 455 g/mol. The van der Waals surface area contributed by atoms with Crippen LogP contribution in [0.4, 0.5) is 0 Å². The van der Waals surface area contributed by atoms with E-state index in [-0.39, 0.29) is 28.9 Å². The first-order chi connectivity index (χ1) is 14.3. The Hall–Kier alpha value is -1.96. The molecule has 0 bridgehead atoms. The quantitative estimate of drug-likeness (QED) is 0.360. The summed E-state index contributed by atoms with van der Waals surface area (Å²) in [7, 11) is -1.79. The standard InChI is InChI=1S/C26H28O2P.BrH/c1-2-28-26(27)25-20-21(25)18-19-29(22-12-6-3-7-13-22,23-14-8-4-9-15-23)24-16-10-5-11-17-24;/h3-17,21,25H,2,18-20H2,1H3;1H/q+1;/p-1/t21-,25-;/m1./s1. The Bertz CT molecular complexity index is 834. The van der Waals surface area contributed by atoms with Crippen LogP contribution >= 0.6 is 7.26 Å². The second kappa shape index (κ2) is 10.4. The molecule has 1 aliphatic rings. The first-order valence-electron chi connectivity index (χ1n) is 10.5. The van der Waals surface area contributed by atoms with Crippen molar-refractivity contribution in [1.82, 2.24) is 0 Å². The molecule has 0 spiro atoms. The summed E-state index contributed by atoms with van der Waals surface area (Å²) in [6.45, 7) is 2.35. The average Bonchev–Trinajstić information content (AvgIpc) is 3.57. The average molecular weight is 483 g/mol. The Labute approximate surface area is 190 Å². The fourth-order valence-corrected chi connectivity index (χ4v) is 8.78. The van der Waals surface area contributed by atoms with Gasteiger partial charge in [-0.3, -0.25) is 4.79 Å². The number of hydrogen-bond donors (Lipinski definition) is 0. The molecular formula is C26H28BrO2P. The second-order valence-corrected chi connectivity index (χ2v) is 11.3. The lowest BCUT2D eigenvalue weighted by atomic mass is 10.2. The molecule has 0 unspecified atom stereocenters. The van der Waals surface area contributed by atoms with Crippen molar-refractivity contribution < 1.29 is 26.5 Å². The van der Waals surface area contributed by atoms with Crippen LogP contribution in [-0.2, 0) is 9.53 Å². The van der Waals surface area contributed by atoms with Crippen LogP contribution in [0.15, 0.2) is 91.0 Å². The van der Waals surface area contributed by atoms with E-state index >= 15 is 0 Å². The minimum Gasteiger partial charge on any atom is -1.00 e. The summed E-state index contributed by atoms with van der Waals surface area (Å²) >= 11 is 0. The van der Waals surface area contributed by atoms with Gasteiger partial charge in [0.15, 0.2) is 0 Å². The third-order valence-corrected chi connectivity index (χ3v) is 10.4. The van der Waals surface area contributed by atoms with E-state index in [2.05, 4.69) is 91.0 Å². The zero-order valence-electron chi connectivity index (χ0n) is 17.3. The van der Waals surface area contributed by atoms with Gasteiger partial charge in [0.1, 0.15) is 23.2 Å². The minimum absolute atomic E-state index is 0. The summed E-state index contributed by atoms with van der Waals surface area (Å²) in [4.78, 5) is 12.1. The van der Waals surface area contributed by atoms with Crippen LogP contribution in [0, 0.1) is 11.8 Å². The Morgan fingerprint density at radius 2 is 1.27 bits per heavy atom. The monoisotopic (exact) mass is 482 g/mol. The van der Waals surface area contributed by atoms with E-state index in [9.17, 15) is 4.79 Å². The summed E-state index contributed by atoms with van der Waals surface area (Å²) < 4.78 is 5.25. The maximum atomic E-state index is 12.1. The maximum Gasteiger partial charge on any atom is 0.309 e. The lowest BCUT2D eigenvalue weighted by Gasteiger charge is -2.27. The summed E-state index contributed by atoms with van der Waals surface area (Å²) in [6, 6.07) is 32.8. The number of esters is 1. The summed E-state index contributed by atoms with van der Waals surface area (Å²) in [6.07, 6.45) is 3.10. The van der Waals surface area contributed by atoms with Crippen LogP contribution in [-0.4, -0.2) is 18.7 Å². The molecule has 4 rings (SSSR count). The van der Waals surface area contributed by atoms with Gasteiger partial charge in [-0.15, -0.1) is 0 Å². The minimum atomic E-state index is -1.79. The molecule has 0 aromatic heterocycles. The SMILES string of the molecule is CCOC(=O)[C@@H]1C[C@H]1CC[P+](c1ccccc1)(c1ccccc1)c1ccccc1.[Br-]. The summed E-state index contributed by atoms with van der Waals surface area (Å²) in [5.41, 5.74) is 0. The van der Waals surface area contributed by atoms with Crippen molar-refractivity contribution in [2.75, 3.05) is 12.8 Å². The van der Waals surface area contributed by atoms with Gasteiger partial charge >= 0.3 is 5.97 Å². The van der Waals surface area contributed by atoms with E-state index in [1.54, 1.807) is 0 Å². The van der Waals surface area contributed by atoms with Crippen molar-refractivity contribution in [3.05, 3.63) is 91.0 Å². The van der Waals surface area contributed by atoms with Crippen molar-refractivity contribution in [3.8, 4) is 0 Å². The predicted octanol–water partition coefficient (Wildman–Crippen LogP) is 1.57. The zero-order valence-corrected chi connectivity index (χ0v) is 19.8. The van der Waals surface area contributed by atoms with Gasteiger partial charge in [-0.05, 0) is 62.1 Å². The van der Waals surface area contributed by atoms with Crippen molar-refractivity contribution in [3.63, 3.8) is 0 Å². The van der Waals surface area contributed by atoms with Crippen molar-refractivity contribution in [2.24, 2.45) is 11.8 Å². The molecule has 0 saturated heterocycles. The van der Waals surface area contributed by atoms with Gasteiger partial charge in [-0.1, -0.05) is 54.6 Å². The molecule has 2 atom stereocenters. The van der Waals surface area contributed by atoms with E-state index in [4.69, 9.17) is 4.74 Å². The second-order valence-electron chi connectivity index (χ2n) is 7.68. The number of carbonyl (C=O) groups excluding carboxylic acids is 1. The van der Waals surface area contributed by atoms with E-state index in [0.29, 0.717) is 12.5 Å². The van der Waals surface area contributed by atoms with Gasteiger partial charge in [0, 0.05) is 0 Å². The highest BCUT2D eigenvalue weighted by molar-refractivity contribution is 7.95. The van der Waals surface area contributed by atoms with Gasteiger partial charge in [0.25, 0.3) is 0 Å². The van der Waals surface area contributed by atoms with Crippen LogP contribution in [0.1, 0.15) is 19.8 Å². The lowest BCUT2D eigenvalue weighted by molar-refractivity contribution is -0.145. The highest BCUT2D eigenvalue weighted by atomic mass is 79.9. The fraction of sp³-hybridized carbons (Fsp3) is 0.269. The van der Waals surface area contributed by atoms with Crippen LogP contribution < -0.4 is 32.9 Å². The Kier molecular flexibility index (Phi) is 7.86. The molecule has 3 aromatic rings.